The quantitative estimate of drug-likeness (QED) is 0.781. The van der Waals surface area contributed by atoms with E-state index in [4.69, 9.17) is 10.5 Å². The van der Waals surface area contributed by atoms with Crippen molar-refractivity contribution in [3.8, 4) is 0 Å². The van der Waals surface area contributed by atoms with Gasteiger partial charge in [0.1, 0.15) is 0 Å². The van der Waals surface area contributed by atoms with Crippen molar-refractivity contribution in [2.24, 2.45) is 11.7 Å². The Labute approximate surface area is 98.1 Å². The molecular weight excluding hydrogens is 204 g/mol. The second-order valence-electron chi connectivity index (χ2n) is 4.80. The van der Waals surface area contributed by atoms with Gasteiger partial charge in [0.25, 0.3) is 0 Å². The first-order valence-corrected chi connectivity index (χ1v) is 6.19. The lowest BCUT2D eigenvalue weighted by atomic mass is 10.0. The zero-order chi connectivity index (χ0) is 12.1. The fourth-order valence-electron chi connectivity index (χ4n) is 1.99. The molecule has 1 amide bonds. The summed E-state index contributed by atoms with van der Waals surface area (Å²) in [6, 6.07) is 0.244. The summed E-state index contributed by atoms with van der Waals surface area (Å²) in [6.45, 7) is 8.08. The van der Waals surface area contributed by atoms with Gasteiger partial charge in [-0.3, -0.25) is 4.79 Å². The Morgan fingerprint density at radius 2 is 2.31 bits per heavy atom. The van der Waals surface area contributed by atoms with Gasteiger partial charge in [0, 0.05) is 13.0 Å². The van der Waals surface area contributed by atoms with Crippen molar-refractivity contribution < 1.29 is 9.53 Å². The number of hydrogen-bond acceptors (Lipinski definition) is 3. The Morgan fingerprint density at radius 1 is 1.62 bits per heavy atom. The first-order valence-electron chi connectivity index (χ1n) is 6.19. The second kappa shape index (κ2) is 6.21. The molecule has 0 saturated carbocycles. The molecule has 1 aliphatic rings. The number of nitrogens with two attached hydrogens (primary N) is 1. The number of carbonyl (C=O) groups excluding carboxylic acids is 1. The molecule has 3 atom stereocenters. The summed E-state index contributed by atoms with van der Waals surface area (Å²) in [5.41, 5.74) is 5.55. The van der Waals surface area contributed by atoms with Crippen LogP contribution in [-0.4, -0.2) is 42.6 Å². The molecule has 1 saturated heterocycles. The van der Waals surface area contributed by atoms with Crippen molar-refractivity contribution in [3.05, 3.63) is 0 Å². The maximum atomic E-state index is 12.1. The molecule has 4 nitrogen and oxygen atoms in total. The molecule has 0 bridgehead atoms. The van der Waals surface area contributed by atoms with E-state index in [1.54, 1.807) is 0 Å². The van der Waals surface area contributed by atoms with E-state index in [-0.39, 0.29) is 24.0 Å². The van der Waals surface area contributed by atoms with Crippen LogP contribution < -0.4 is 5.73 Å². The molecule has 3 unspecified atom stereocenters. The summed E-state index contributed by atoms with van der Waals surface area (Å²) < 4.78 is 5.57. The first kappa shape index (κ1) is 13.5. The fraction of sp³-hybridized carbons (Fsp3) is 0.917. The number of carbonyl (C=O) groups is 1. The van der Waals surface area contributed by atoms with Crippen molar-refractivity contribution in [3.63, 3.8) is 0 Å². The molecule has 16 heavy (non-hydrogen) atoms. The van der Waals surface area contributed by atoms with Crippen LogP contribution in [0.5, 0.6) is 0 Å². The van der Waals surface area contributed by atoms with Crippen molar-refractivity contribution in [1.82, 2.24) is 4.90 Å². The number of rotatable bonds is 4. The van der Waals surface area contributed by atoms with Crippen molar-refractivity contribution in [1.29, 1.82) is 0 Å². The molecule has 1 aliphatic heterocycles. The van der Waals surface area contributed by atoms with E-state index >= 15 is 0 Å². The standard InChI is InChI=1S/C12H24N2O2/c1-4-11-8-16-10(3)7-14(11)12(15)5-9(2)6-13/h9-11H,4-8,13H2,1-3H3. The highest BCUT2D eigenvalue weighted by molar-refractivity contribution is 5.77. The van der Waals surface area contributed by atoms with Gasteiger partial charge in [0.2, 0.25) is 5.91 Å². The van der Waals surface area contributed by atoms with Crippen molar-refractivity contribution in [2.45, 2.75) is 45.8 Å². The van der Waals surface area contributed by atoms with Crippen LogP contribution >= 0.6 is 0 Å². The zero-order valence-corrected chi connectivity index (χ0v) is 10.6. The van der Waals surface area contributed by atoms with Gasteiger partial charge in [-0.25, -0.2) is 0 Å². The largest absolute Gasteiger partial charge is 0.375 e. The molecule has 0 radical (unpaired) electrons. The highest BCUT2D eigenvalue weighted by atomic mass is 16.5. The van der Waals surface area contributed by atoms with E-state index in [9.17, 15) is 4.79 Å². The molecule has 1 rings (SSSR count). The van der Waals surface area contributed by atoms with Gasteiger partial charge < -0.3 is 15.4 Å². The molecule has 0 aliphatic carbocycles. The summed E-state index contributed by atoms with van der Waals surface area (Å²) >= 11 is 0. The van der Waals surface area contributed by atoms with Gasteiger partial charge in [-0.15, -0.1) is 0 Å². The van der Waals surface area contributed by atoms with E-state index in [0.717, 1.165) is 6.42 Å². The third-order valence-electron chi connectivity index (χ3n) is 3.18. The monoisotopic (exact) mass is 228 g/mol. The maximum Gasteiger partial charge on any atom is 0.223 e. The summed E-state index contributed by atoms with van der Waals surface area (Å²) in [5, 5.41) is 0. The first-order chi connectivity index (χ1) is 7.58. The maximum absolute atomic E-state index is 12.1. The number of ether oxygens (including phenoxy) is 1. The van der Waals surface area contributed by atoms with Crippen LogP contribution in [-0.2, 0) is 9.53 Å². The van der Waals surface area contributed by atoms with Gasteiger partial charge in [-0.2, -0.15) is 0 Å². The Bertz CT molecular complexity index is 233. The normalized spacial score (nSPS) is 27.9. The molecule has 0 aromatic carbocycles. The Morgan fingerprint density at radius 3 is 2.88 bits per heavy atom. The summed E-state index contributed by atoms with van der Waals surface area (Å²) in [6.07, 6.45) is 1.66. The lowest BCUT2D eigenvalue weighted by Gasteiger charge is -2.38. The van der Waals surface area contributed by atoms with E-state index in [2.05, 4.69) is 6.92 Å². The van der Waals surface area contributed by atoms with Gasteiger partial charge in [-0.05, 0) is 25.8 Å². The minimum atomic E-state index is 0.153. The molecule has 2 N–H and O–H groups in total. The molecule has 1 fully saturated rings. The van der Waals surface area contributed by atoms with E-state index in [1.165, 1.54) is 0 Å². The van der Waals surface area contributed by atoms with Crippen LogP contribution in [0.1, 0.15) is 33.6 Å². The van der Waals surface area contributed by atoms with Crippen LogP contribution in [0.15, 0.2) is 0 Å². The third kappa shape index (κ3) is 3.46. The lowest BCUT2D eigenvalue weighted by molar-refractivity contribution is -0.145. The number of amides is 1. The van der Waals surface area contributed by atoms with Gasteiger partial charge in [0.05, 0.1) is 18.8 Å². The number of nitrogens with zero attached hydrogens (tertiary/aromatic N) is 1. The number of morpholine rings is 1. The summed E-state index contributed by atoms with van der Waals surface area (Å²) in [5.74, 6) is 0.489. The molecule has 0 aromatic heterocycles. The lowest BCUT2D eigenvalue weighted by Crippen LogP contribution is -2.51. The van der Waals surface area contributed by atoms with Gasteiger partial charge >= 0.3 is 0 Å². The van der Waals surface area contributed by atoms with Crippen LogP contribution in [0.4, 0.5) is 0 Å². The Balaban J connectivity index is 2.56. The van der Waals surface area contributed by atoms with Gasteiger partial charge in [-0.1, -0.05) is 13.8 Å². The topological polar surface area (TPSA) is 55.6 Å². The van der Waals surface area contributed by atoms with Gasteiger partial charge in [0.15, 0.2) is 0 Å². The highest BCUT2D eigenvalue weighted by Gasteiger charge is 2.29. The number of hydrogen-bond donors (Lipinski definition) is 1. The molecular formula is C12H24N2O2. The molecule has 4 heteroatoms. The predicted octanol–water partition coefficient (Wildman–Crippen LogP) is 0.997. The molecule has 94 valence electrons. The van der Waals surface area contributed by atoms with Crippen molar-refractivity contribution in [2.75, 3.05) is 19.7 Å². The molecule has 1 heterocycles. The average Bonchev–Trinajstić information content (AvgIpc) is 2.28. The average molecular weight is 228 g/mol. The zero-order valence-electron chi connectivity index (χ0n) is 10.6. The molecule has 0 aromatic rings. The fourth-order valence-corrected chi connectivity index (χ4v) is 1.99. The van der Waals surface area contributed by atoms with Crippen molar-refractivity contribution >= 4 is 5.91 Å². The third-order valence-corrected chi connectivity index (χ3v) is 3.18. The Hall–Kier alpha value is -0.610. The summed E-state index contributed by atoms with van der Waals surface area (Å²) in [7, 11) is 0. The SMILES string of the molecule is CCC1COC(C)CN1C(=O)CC(C)CN. The van der Waals surface area contributed by atoms with Crippen LogP contribution in [0.25, 0.3) is 0 Å². The minimum Gasteiger partial charge on any atom is -0.375 e. The van der Waals surface area contributed by atoms with Crippen LogP contribution in [0.3, 0.4) is 0 Å². The summed E-state index contributed by atoms with van der Waals surface area (Å²) in [4.78, 5) is 14.1. The molecule has 0 spiro atoms. The highest BCUT2D eigenvalue weighted by Crippen LogP contribution is 2.17. The second-order valence-corrected chi connectivity index (χ2v) is 4.80. The Kier molecular flexibility index (Phi) is 5.22. The predicted molar refractivity (Wildman–Crippen MR) is 64.0 cm³/mol. The van der Waals surface area contributed by atoms with Crippen LogP contribution in [0, 0.1) is 5.92 Å². The van der Waals surface area contributed by atoms with E-state index in [0.29, 0.717) is 26.1 Å². The van der Waals surface area contributed by atoms with Crippen LogP contribution in [0.2, 0.25) is 0 Å². The van der Waals surface area contributed by atoms with E-state index in [1.807, 2.05) is 18.7 Å². The minimum absolute atomic E-state index is 0.153. The van der Waals surface area contributed by atoms with E-state index < -0.39 is 0 Å². The smallest absolute Gasteiger partial charge is 0.223 e.